The number of hydrogen-bond acceptors (Lipinski definition) is 3. The second-order valence-corrected chi connectivity index (χ2v) is 8.09. The van der Waals surface area contributed by atoms with Gasteiger partial charge in [0.25, 0.3) is 5.91 Å². The monoisotopic (exact) mass is 455 g/mol. The molecule has 2 aromatic carbocycles. The van der Waals surface area contributed by atoms with Crippen LogP contribution in [0.2, 0.25) is 0 Å². The fraction of sp³-hybridized carbons (Fsp3) is 0.235. The lowest BCUT2D eigenvalue weighted by Gasteiger charge is -2.29. The largest absolute Gasteiger partial charge is 0.494 e. The highest BCUT2D eigenvalue weighted by atomic mass is 79.9. The lowest BCUT2D eigenvalue weighted by atomic mass is 10.1. The maximum Gasteiger partial charge on any atom is 0.258 e. The summed E-state index contributed by atoms with van der Waals surface area (Å²) in [4.78, 5) is 16.0. The van der Waals surface area contributed by atoms with E-state index in [2.05, 4.69) is 44.8 Å². The van der Waals surface area contributed by atoms with Crippen LogP contribution in [-0.4, -0.2) is 25.3 Å². The molecule has 3 rings (SSSR count). The van der Waals surface area contributed by atoms with Crippen molar-refractivity contribution in [3.63, 3.8) is 0 Å². The number of carbonyl (C=O) groups is 1. The van der Waals surface area contributed by atoms with Gasteiger partial charge < -0.3 is 9.64 Å². The first-order chi connectivity index (χ1) is 11.0. The second kappa shape index (κ2) is 6.87. The number of nitrogens with zero attached hydrogens (tertiary/aromatic N) is 1. The highest BCUT2D eigenvalue weighted by molar-refractivity contribution is 9.11. The minimum atomic E-state index is -0.000504. The highest BCUT2D eigenvalue weighted by Gasteiger charge is 2.25. The van der Waals surface area contributed by atoms with Gasteiger partial charge in [0.1, 0.15) is 5.75 Å². The summed E-state index contributed by atoms with van der Waals surface area (Å²) in [6.07, 6.45) is 0. The first kappa shape index (κ1) is 16.9. The fourth-order valence-corrected chi connectivity index (χ4v) is 5.17. The van der Waals surface area contributed by atoms with E-state index >= 15 is 0 Å². The molecule has 0 atom stereocenters. The van der Waals surface area contributed by atoms with Crippen LogP contribution in [0.25, 0.3) is 0 Å². The third kappa shape index (κ3) is 3.30. The number of methoxy groups -OCH3 is 1. The molecule has 6 heteroatoms. The highest BCUT2D eigenvalue weighted by Crippen LogP contribution is 2.38. The number of ether oxygens (including phenoxy) is 1. The van der Waals surface area contributed by atoms with Gasteiger partial charge in [-0.25, -0.2) is 0 Å². The quantitative estimate of drug-likeness (QED) is 0.615. The molecule has 1 aliphatic heterocycles. The van der Waals surface area contributed by atoms with Crippen LogP contribution in [0.15, 0.2) is 44.2 Å². The molecule has 0 bridgehead atoms. The van der Waals surface area contributed by atoms with Crippen molar-refractivity contribution in [2.24, 2.45) is 0 Å². The Hall–Kier alpha value is -0.980. The van der Waals surface area contributed by atoms with Gasteiger partial charge in [0.15, 0.2) is 0 Å². The van der Waals surface area contributed by atoms with E-state index in [-0.39, 0.29) is 5.91 Å². The third-order valence-corrected chi connectivity index (χ3v) is 5.88. The zero-order chi connectivity index (χ0) is 16.6. The Morgan fingerprint density at radius 1 is 1.22 bits per heavy atom. The maximum absolute atomic E-state index is 13.0. The van der Waals surface area contributed by atoms with Crippen LogP contribution >= 0.6 is 43.6 Å². The molecular weight excluding hydrogens is 442 g/mol. The van der Waals surface area contributed by atoms with Crippen LogP contribution in [0.5, 0.6) is 5.75 Å². The van der Waals surface area contributed by atoms with Crippen LogP contribution in [0.3, 0.4) is 0 Å². The molecule has 0 spiro atoms. The van der Waals surface area contributed by atoms with Gasteiger partial charge in [0, 0.05) is 22.8 Å². The number of anilines is 1. The summed E-state index contributed by atoms with van der Waals surface area (Å²) in [5, 5.41) is 0. The summed E-state index contributed by atoms with van der Waals surface area (Å²) in [5.41, 5.74) is 2.82. The zero-order valence-corrected chi connectivity index (χ0v) is 16.7. The lowest BCUT2D eigenvalue weighted by molar-refractivity contribution is 0.0987. The average molecular weight is 457 g/mol. The Kier molecular flexibility index (Phi) is 5.04. The Morgan fingerprint density at radius 3 is 2.57 bits per heavy atom. The number of carbonyl (C=O) groups excluding carboxylic acids is 1. The van der Waals surface area contributed by atoms with E-state index < -0.39 is 0 Å². The molecule has 0 N–H and O–H groups in total. The Morgan fingerprint density at radius 2 is 1.91 bits per heavy atom. The molecule has 1 aliphatic rings. The summed E-state index contributed by atoms with van der Waals surface area (Å²) in [5.74, 6) is 1.59. The van der Waals surface area contributed by atoms with E-state index in [1.165, 1.54) is 5.56 Å². The Bertz CT molecular complexity index is 756. The number of benzene rings is 2. The van der Waals surface area contributed by atoms with Gasteiger partial charge in [0.05, 0.1) is 21.7 Å². The molecule has 3 nitrogen and oxygen atoms in total. The number of hydrogen-bond donors (Lipinski definition) is 0. The van der Waals surface area contributed by atoms with Crippen molar-refractivity contribution >= 4 is 55.2 Å². The minimum absolute atomic E-state index is 0.000504. The number of aryl methyl sites for hydroxylation is 1. The molecule has 120 valence electrons. The van der Waals surface area contributed by atoms with Crippen molar-refractivity contribution < 1.29 is 9.53 Å². The molecule has 23 heavy (non-hydrogen) atoms. The van der Waals surface area contributed by atoms with Crippen molar-refractivity contribution in [1.82, 2.24) is 0 Å². The van der Waals surface area contributed by atoms with Crippen LogP contribution in [-0.2, 0) is 0 Å². The number of fused-ring (bicyclic) bond motifs is 1. The maximum atomic E-state index is 13.0. The van der Waals surface area contributed by atoms with Crippen molar-refractivity contribution in [2.45, 2.75) is 11.8 Å². The summed E-state index contributed by atoms with van der Waals surface area (Å²) in [7, 11) is 1.60. The first-order valence-electron chi connectivity index (χ1n) is 7.09. The number of thioether (sulfide) groups is 1. The first-order valence-corrected chi connectivity index (χ1v) is 9.67. The molecule has 0 saturated carbocycles. The summed E-state index contributed by atoms with van der Waals surface area (Å²) in [6.45, 7) is 2.78. The molecule has 2 aromatic rings. The summed E-state index contributed by atoms with van der Waals surface area (Å²) >= 11 is 8.72. The van der Waals surface area contributed by atoms with E-state index in [1.807, 2.05) is 29.2 Å². The minimum Gasteiger partial charge on any atom is -0.494 e. The molecule has 0 unspecified atom stereocenters. The molecule has 1 heterocycles. The molecular formula is C17H15Br2NO2S. The summed E-state index contributed by atoms with van der Waals surface area (Å²) < 4.78 is 6.82. The third-order valence-electron chi connectivity index (χ3n) is 3.67. The van der Waals surface area contributed by atoms with Gasteiger partial charge in [-0.2, -0.15) is 0 Å². The van der Waals surface area contributed by atoms with Gasteiger partial charge in [-0.3, -0.25) is 4.79 Å². The van der Waals surface area contributed by atoms with Crippen LogP contribution in [0, 0.1) is 6.92 Å². The molecule has 0 aliphatic carbocycles. The SMILES string of the molecule is COc1c(Br)cc(C(=O)N2CCSc3cc(C)ccc32)cc1Br. The van der Waals surface area contributed by atoms with Crippen molar-refractivity contribution in [3.8, 4) is 5.75 Å². The Labute approximate surface area is 156 Å². The standard InChI is InChI=1S/C17H15Br2NO2S/c1-10-3-4-14-15(7-10)23-6-5-20(14)17(21)11-8-12(18)16(22-2)13(19)9-11/h3-4,7-9H,5-6H2,1-2H3. The van der Waals surface area contributed by atoms with E-state index in [0.29, 0.717) is 17.9 Å². The van der Waals surface area contributed by atoms with Crippen molar-refractivity contribution in [3.05, 3.63) is 50.4 Å². The van der Waals surface area contributed by atoms with Gasteiger partial charge in [-0.1, -0.05) is 6.07 Å². The number of halogens is 2. The summed E-state index contributed by atoms with van der Waals surface area (Å²) in [6, 6.07) is 9.83. The van der Waals surface area contributed by atoms with Crippen LogP contribution in [0.4, 0.5) is 5.69 Å². The van der Waals surface area contributed by atoms with E-state index in [4.69, 9.17) is 4.74 Å². The average Bonchev–Trinajstić information content (AvgIpc) is 2.53. The molecule has 1 amide bonds. The molecule has 0 aromatic heterocycles. The van der Waals surface area contributed by atoms with Gasteiger partial charge >= 0.3 is 0 Å². The van der Waals surface area contributed by atoms with Gasteiger partial charge in [-0.05, 0) is 68.6 Å². The van der Waals surface area contributed by atoms with E-state index in [1.54, 1.807) is 18.9 Å². The fourth-order valence-electron chi connectivity index (χ4n) is 2.57. The smallest absolute Gasteiger partial charge is 0.258 e. The van der Waals surface area contributed by atoms with Crippen LogP contribution < -0.4 is 9.64 Å². The van der Waals surface area contributed by atoms with Crippen LogP contribution in [0.1, 0.15) is 15.9 Å². The molecule has 0 radical (unpaired) electrons. The number of rotatable bonds is 2. The zero-order valence-electron chi connectivity index (χ0n) is 12.7. The molecule has 0 saturated heterocycles. The van der Waals surface area contributed by atoms with E-state index in [0.717, 1.165) is 25.3 Å². The second-order valence-electron chi connectivity index (χ2n) is 5.25. The predicted octanol–water partition coefficient (Wildman–Crippen LogP) is 5.28. The van der Waals surface area contributed by atoms with E-state index in [9.17, 15) is 4.79 Å². The Balaban J connectivity index is 1.99. The topological polar surface area (TPSA) is 29.5 Å². The van der Waals surface area contributed by atoms with Gasteiger partial charge in [0.2, 0.25) is 0 Å². The number of amides is 1. The normalized spacial score (nSPS) is 13.7. The molecule has 0 fully saturated rings. The predicted molar refractivity (Wildman–Crippen MR) is 102 cm³/mol. The van der Waals surface area contributed by atoms with Crippen molar-refractivity contribution in [2.75, 3.05) is 24.3 Å². The lowest BCUT2D eigenvalue weighted by Crippen LogP contribution is -2.35. The van der Waals surface area contributed by atoms with Gasteiger partial charge in [-0.15, -0.1) is 11.8 Å². The van der Waals surface area contributed by atoms with Crippen molar-refractivity contribution in [1.29, 1.82) is 0 Å².